The summed E-state index contributed by atoms with van der Waals surface area (Å²) in [6.45, 7) is 0. The van der Waals surface area contributed by atoms with Gasteiger partial charge in [0.15, 0.2) is 6.29 Å². The van der Waals surface area contributed by atoms with Crippen molar-refractivity contribution in [2.24, 2.45) is 0 Å². The van der Waals surface area contributed by atoms with Crippen molar-refractivity contribution in [1.29, 1.82) is 0 Å². The summed E-state index contributed by atoms with van der Waals surface area (Å²) in [6, 6.07) is 2.96. The van der Waals surface area contributed by atoms with E-state index >= 15 is 0 Å². The molecule has 1 aromatic carbocycles. The molecule has 0 unspecified atom stereocenters. The van der Waals surface area contributed by atoms with E-state index in [0.717, 1.165) is 18.2 Å². The smallest absolute Gasteiger partial charge is 0.295 e. The summed E-state index contributed by atoms with van der Waals surface area (Å²) < 4.78 is 42.5. The molecule has 0 aliphatic heterocycles. The van der Waals surface area contributed by atoms with Crippen LogP contribution in [0.5, 0.6) is 0 Å². The minimum atomic E-state index is -4.54. The quantitative estimate of drug-likeness (QED) is 0.573. The van der Waals surface area contributed by atoms with Crippen LogP contribution in [0.1, 0.15) is 10.4 Å². The first-order valence-electron chi connectivity index (χ1n) is 3.18. The third-order valence-electron chi connectivity index (χ3n) is 1.41. The lowest BCUT2D eigenvalue weighted by Crippen LogP contribution is -2.04. The third-order valence-corrected chi connectivity index (χ3v) is 2.32. The highest BCUT2D eigenvalue weighted by atomic mass is 32.2. The van der Waals surface area contributed by atoms with Crippen LogP contribution in [0.4, 0.5) is 4.39 Å². The van der Waals surface area contributed by atoms with Gasteiger partial charge in [-0.25, -0.2) is 4.39 Å². The SMILES string of the molecule is O=Cc1c(F)cccc1S(=O)(=O)O. The Morgan fingerprint density at radius 1 is 1.38 bits per heavy atom. The van der Waals surface area contributed by atoms with Crippen LogP contribution in [0.2, 0.25) is 0 Å². The van der Waals surface area contributed by atoms with E-state index in [4.69, 9.17) is 4.55 Å². The fraction of sp³-hybridized carbons (Fsp3) is 0. The molecule has 4 nitrogen and oxygen atoms in total. The summed E-state index contributed by atoms with van der Waals surface area (Å²) >= 11 is 0. The minimum Gasteiger partial charge on any atom is -0.298 e. The molecular formula is C7H5FO4S. The third kappa shape index (κ3) is 1.90. The summed E-state index contributed by atoms with van der Waals surface area (Å²) in [5, 5.41) is 0. The van der Waals surface area contributed by atoms with Crippen molar-refractivity contribution in [2.45, 2.75) is 4.90 Å². The van der Waals surface area contributed by atoms with Gasteiger partial charge >= 0.3 is 0 Å². The normalized spacial score (nSPS) is 11.2. The zero-order valence-corrected chi connectivity index (χ0v) is 7.08. The maximum atomic E-state index is 12.8. The van der Waals surface area contributed by atoms with E-state index < -0.39 is 26.4 Å². The highest BCUT2D eigenvalue weighted by molar-refractivity contribution is 7.86. The second-order valence-electron chi connectivity index (χ2n) is 2.24. The average Bonchev–Trinajstić information content (AvgIpc) is 2.02. The molecule has 0 aliphatic rings. The number of aldehydes is 1. The molecule has 0 atom stereocenters. The first kappa shape index (κ1) is 9.82. The Bertz CT molecular complexity index is 438. The molecule has 0 amide bonds. The van der Waals surface area contributed by atoms with E-state index in [1.807, 2.05) is 0 Å². The summed E-state index contributed by atoms with van der Waals surface area (Å²) in [6.07, 6.45) is 0.0401. The van der Waals surface area contributed by atoms with E-state index in [9.17, 15) is 17.6 Å². The average molecular weight is 204 g/mol. The minimum absolute atomic E-state index is 0.0401. The summed E-state index contributed by atoms with van der Waals surface area (Å²) in [7, 11) is -4.54. The zero-order valence-electron chi connectivity index (χ0n) is 6.27. The largest absolute Gasteiger partial charge is 0.298 e. The Morgan fingerprint density at radius 3 is 2.38 bits per heavy atom. The highest BCUT2D eigenvalue weighted by Gasteiger charge is 2.17. The van der Waals surface area contributed by atoms with Gasteiger partial charge in [-0.3, -0.25) is 9.35 Å². The molecule has 13 heavy (non-hydrogen) atoms. The number of carbonyl (C=O) groups is 1. The molecule has 0 fully saturated rings. The van der Waals surface area contributed by atoms with E-state index in [1.54, 1.807) is 0 Å². The number of hydrogen-bond acceptors (Lipinski definition) is 3. The number of carbonyl (C=O) groups excluding carboxylic acids is 1. The van der Waals surface area contributed by atoms with Gasteiger partial charge in [-0.15, -0.1) is 0 Å². The van der Waals surface area contributed by atoms with Crippen molar-refractivity contribution >= 4 is 16.4 Å². The van der Waals surface area contributed by atoms with Gasteiger partial charge < -0.3 is 0 Å². The lowest BCUT2D eigenvalue weighted by molar-refractivity contribution is 0.111. The van der Waals surface area contributed by atoms with Gasteiger partial charge in [0.2, 0.25) is 0 Å². The van der Waals surface area contributed by atoms with Crippen LogP contribution in [0, 0.1) is 5.82 Å². The van der Waals surface area contributed by atoms with Crippen molar-refractivity contribution in [3.63, 3.8) is 0 Å². The van der Waals surface area contributed by atoms with Crippen molar-refractivity contribution in [2.75, 3.05) is 0 Å². The second kappa shape index (κ2) is 3.23. The van der Waals surface area contributed by atoms with Gasteiger partial charge in [0.05, 0.1) is 5.56 Å². The molecule has 0 heterocycles. The fourth-order valence-corrected chi connectivity index (χ4v) is 1.53. The standard InChI is InChI=1S/C7H5FO4S/c8-6-2-1-3-7(5(6)4-9)13(10,11)12/h1-4H,(H,10,11,12). The lowest BCUT2D eigenvalue weighted by atomic mass is 10.2. The number of halogens is 1. The molecule has 0 aliphatic carbocycles. The first-order chi connectivity index (χ1) is 5.96. The van der Waals surface area contributed by atoms with Crippen molar-refractivity contribution in [3.05, 3.63) is 29.6 Å². The van der Waals surface area contributed by atoms with Crippen LogP contribution in [0.15, 0.2) is 23.1 Å². The van der Waals surface area contributed by atoms with E-state index in [2.05, 4.69) is 0 Å². The van der Waals surface area contributed by atoms with E-state index in [-0.39, 0.29) is 6.29 Å². The molecule has 6 heteroatoms. The summed E-state index contributed by atoms with van der Waals surface area (Å²) in [5.74, 6) is -0.981. The van der Waals surface area contributed by atoms with Gasteiger partial charge in [0, 0.05) is 0 Å². The van der Waals surface area contributed by atoms with E-state index in [1.165, 1.54) is 0 Å². The zero-order chi connectivity index (χ0) is 10.1. The van der Waals surface area contributed by atoms with Gasteiger partial charge in [-0.05, 0) is 12.1 Å². The molecule has 0 aromatic heterocycles. The summed E-state index contributed by atoms with van der Waals surface area (Å²) in [5.41, 5.74) is -0.662. The molecule has 0 spiro atoms. The Kier molecular flexibility index (Phi) is 2.44. The monoisotopic (exact) mass is 204 g/mol. The molecule has 1 aromatic rings. The van der Waals surface area contributed by atoms with E-state index in [0.29, 0.717) is 0 Å². The molecule has 1 N–H and O–H groups in total. The van der Waals surface area contributed by atoms with Gasteiger partial charge in [-0.2, -0.15) is 8.42 Å². The molecule has 0 bridgehead atoms. The van der Waals surface area contributed by atoms with Gasteiger partial charge in [-0.1, -0.05) is 6.07 Å². The van der Waals surface area contributed by atoms with Crippen LogP contribution in [-0.4, -0.2) is 19.3 Å². The second-order valence-corrected chi connectivity index (χ2v) is 3.63. The molecular weight excluding hydrogens is 199 g/mol. The fourth-order valence-electron chi connectivity index (χ4n) is 0.857. The Labute approximate surface area is 73.8 Å². The van der Waals surface area contributed by atoms with Gasteiger partial charge in [0.25, 0.3) is 10.1 Å². The maximum Gasteiger partial charge on any atom is 0.295 e. The number of rotatable bonds is 2. The Balaban J connectivity index is 3.56. The topological polar surface area (TPSA) is 71.4 Å². The van der Waals surface area contributed by atoms with Crippen LogP contribution in [0.3, 0.4) is 0 Å². The predicted octanol–water partition coefficient (Wildman–Crippen LogP) is 0.885. The number of hydrogen-bond donors (Lipinski definition) is 1. The molecule has 70 valence electrons. The van der Waals surface area contributed by atoms with Gasteiger partial charge in [0.1, 0.15) is 10.7 Å². The van der Waals surface area contributed by atoms with Crippen molar-refractivity contribution < 1.29 is 22.2 Å². The molecule has 0 saturated heterocycles. The van der Waals surface area contributed by atoms with Crippen LogP contribution < -0.4 is 0 Å². The number of benzene rings is 1. The lowest BCUT2D eigenvalue weighted by Gasteiger charge is -2.00. The summed E-state index contributed by atoms with van der Waals surface area (Å²) in [4.78, 5) is 9.56. The van der Waals surface area contributed by atoms with Crippen LogP contribution >= 0.6 is 0 Å². The maximum absolute atomic E-state index is 12.8. The van der Waals surface area contributed by atoms with Crippen LogP contribution in [0.25, 0.3) is 0 Å². The van der Waals surface area contributed by atoms with Crippen molar-refractivity contribution in [1.82, 2.24) is 0 Å². The molecule has 1 rings (SSSR count). The Hall–Kier alpha value is -1.27. The predicted molar refractivity (Wildman–Crippen MR) is 41.6 cm³/mol. The van der Waals surface area contributed by atoms with Crippen molar-refractivity contribution in [3.8, 4) is 0 Å². The first-order valence-corrected chi connectivity index (χ1v) is 4.62. The Morgan fingerprint density at radius 2 is 2.00 bits per heavy atom. The van der Waals surface area contributed by atoms with Crippen LogP contribution in [-0.2, 0) is 10.1 Å². The molecule has 0 radical (unpaired) electrons. The highest BCUT2D eigenvalue weighted by Crippen LogP contribution is 2.16. The molecule has 0 saturated carbocycles.